The average molecular weight is 275 g/mol. The zero-order valence-electron chi connectivity index (χ0n) is 10.6. The lowest BCUT2D eigenvalue weighted by Crippen LogP contribution is -2.38. The van der Waals surface area contributed by atoms with Crippen LogP contribution in [0.25, 0.3) is 0 Å². The van der Waals surface area contributed by atoms with E-state index in [0.717, 1.165) is 12.1 Å². The molecule has 0 aliphatic carbocycles. The van der Waals surface area contributed by atoms with Crippen molar-refractivity contribution in [2.75, 3.05) is 26.4 Å². The second kappa shape index (κ2) is 5.64. The maximum atomic E-state index is 13.1. The molecule has 1 unspecified atom stereocenters. The van der Waals surface area contributed by atoms with Crippen LogP contribution in [0.3, 0.4) is 0 Å². The standard InChI is InChI=1S/C11H18FN3O2S/c1-8(15(2)3)7-14-18(16,17)11-5-9(12)4-10(13)6-11/h4-6,8,14H,7,13H2,1-3H3. The molecular formula is C11H18FN3O2S. The molecule has 0 spiro atoms. The Bertz CT molecular complexity index is 497. The van der Waals surface area contributed by atoms with Gasteiger partial charge in [0.25, 0.3) is 0 Å². The van der Waals surface area contributed by atoms with Crippen LogP contribution in [0, 0.1) is 5.82 Å². The minimum atomic E-state index is -3.73. The molecule has 7 heteroatoms. The predicted molar refractivity (Wildman–Crippen MR) is 69.1 cm³/mol. The van der Waals surface area contributed by atoms with E-state index in [4.69, 9.17) is 5.73 Å². The Kier molecular flexibility index (Phi) is 4.66. The molecule has 1 atom stereocenters. The molecule has 0 saturated heterocycles. The molecule has 18 heavy (non-hydrogen) atoms. The highest BCUT2D eigenvalue weighted by molar-refractivity contribution is 7.89. The first kappa shape index (κ1) is 14.9. The highest BCUT2D eigenvalue weighted by Gasteiger charge is 2.17. The van der Waals surface area contributed by atoms with E-state index < -0.39 is 15.8 Å². The number of likely N-dealkylation sites (N-methyl/N-ethyl adjacent to an activating group) is 1. The second-order valence-corrected chi connectivity index (χ2v) is 6.15. The first-order valence-corrected chi connectivity index (χ1v) is 6.93. The van der Waals surface area contributed by atoms with Crippen LogP contribution in [0.1, 0.15) is 6.92 Å². The van der Waals surface area contributed by atoms with Gasteiger partial charge in [-0.3, -0.25) is 0 Å². The van der Waals surface area contributed by atoms with Crippen LogP contribution in [0.4, 0.5) is 10.1 Å². The summed E-state index contributed by atoms with van der Waals surface area (Å²) in [4.78, 5) is 1.72. The largest absolute Gasteiger partial charge is 0.399 e. The van der Waals surface area contributed by atoms with E-state index in [2.05, 4.69) is 4.72 Å². The number of sulfonamides is 1. The van der Waals surface area contributed by atoms with Crippen LogP contribution in [0.2, 0.25) is 0 Å². The van der Waals surface area contributed by atoms with Crippen molar-refractivity contribution >= 4 is 15.7 Å². The highest BCUT2D eigenvalue weighted by Crippen LogP contribution is 2.15. The van der Waals surface area contributed by atoms with Gasteiger partial charge in [0.15, 0.2) is 0 Å². The summed E-state index contributed by atoms with van der Waals surface area (Å²) in [6.07, 6.45) is 0. The van der Waals surface area contributed by atoms with E-state index in [1.807, 2.05) is 25.9 Å². The fraction of sp³-hybridized carbons (Fsp3) is 0.455. The Balaban J connectivity index is 2.86. The summed E-state index contributed by atoms with van der Waals surface area (Å²) in [6.45, 7) is 2.12. The molecule has 0 aliphatic rings. The van der Waals surface area contributed by atoms with Crippen molar-refractivity contribution in [3.05, 3.63) is 24.0 Å². The van der Waals surface area contributed by atoms with Gasteiger partial charge >= 0.3 is 0 Å². The normalized spacial score (nSPS) is 13.8. The first-order valence-electron chi connectivity index (χ1n) is 5.44. The van der Waals surface area contributed by atoms with Crippen LogP contribution >= 0.6 is 0 Å². The maximum absolute atomic E-state index is 13.1. The van der Waals surface area contributed by atoms with Crippen LogP contribution in [-0.4, -0.2) is 40.0 Å². The molecule has 0 saturated carbocycles. The van der Waals surface area contributed by atoms with E-state index in [1.54, 1.807) is 0 Å². The van der Waals surface area contributed by atoms with Gasteiger partial charge in [-0.1, -0.05) is 0 Å². The zero-order chi connectivity index (χ0) is 13.9. The SMILES string of the molecule is CC(CNS(=O)(=O)c1cc(N)cc(F)c1)N(C)C. The fourth-order valence-corrected chi connectivity index (χ4v) is 2.42. The molecule has 5 nitrogen and oxygen atoms in total. The smallest absolute Gasteiger partial charge is 0.240 e. The minimum Gasteiger partial charge on any atom is -0.399 e. The van der Waals surface area contributed by atoms with Crippen LogP contribution in [0.5, 0.6) is 0 Å². The number of halogens is 1. The molecule has 0 heterocycles. The van der Waals surface area contributed by atoms with Gasteiger partial charge in [-0.05, 0) is 39.2 Å². The Morgan fingerprint density at radius 2 is 2.00 bits per heavy atom. The first-order chi connectivity index (χ1) is 8.22. The van der Waals surface area contributed by atoms with Crippen molar-refractivity contribution < 1.29 is 12.8 Å². The number of nitrogens with two attached hydrogens (primary N) is 1. The highest BCUT2D eigenvalue weighted by atomic mass is 32.2. The lowest BCUT2D eigenvalue weighted by atomic mass is 10.3. The third-order valence-corrected chi connectivity index (χ3v) is 4.06. The molecule has 0 aromatic heterocycles. The van der Waals surface area contributed by atoms with Gasteiger partial charge in [0.1, 0.15) is 5.82 Å². The molecule has 0 bridgehead atoms. The van der Waals surface area contributed by atoms with Gasteiger partial charge in [-0.15, -0.1) is 0 Å². The molecule has 1 aromatic rings. The number of anilines is 1. The summed E-state index contributed by atoms with van der Waals surface area (Å²) in [7, 11) is -0.0378. The van der Waals surface area contributed by atoms with E-state index in [1.165, 1.54) is 6.07 Å². The molecule has 0 aliphatic heterocycles. The van der Waals surface area contributed by atoms with Crippen LogP contribution in [0.15, 0.2) is 23.1 Å². The molecule has 102 valence electrons. The van der Waals surface area contributed by atoms with Crippen molar-refractivity contribution in [3.8, 4) is 0 Å². The van der Waals surface area contributed by atoms with Gasteiger partial charge in [-0.25, -0.2) is 17.5 Å². The van der Waals surface area contributed by atoms with E-state index in [-0.39, 0.29) is 23.2 Å². The summed E-state index contributed by atoms with van der Waals surface area (Å²) in [5.41, 5.74) is 5.50. The number of benzene rings is 1. The van der Waals surface area contributed by atoms with Gasteiger partial charge in [0.05, 0.1) is 4.90 Å². The van der Waals surface area contributed by atoms with Gasteiger partial charge < -0.3 is 10.6 Å². The summed E-state index contributed by atoms with van der Waals surface area (Å²) >= 11 is 0. The Labute approximate surface area is 107 Å². The molecular weight excluding hydrogens is 257 g/mol. The number of nitrogens with one attached hydrogen (secondary N) is 1. The molecule has 3 N–H and O–H groups in total. The fourth-order valence-electron chi connectivity index (χ4n) is 1.24. The van der Waals surface area contributed by atoms with Crippen molar-refractivity contribution in [2.45, 2.75) is 17.9 Å². The third kappa shape index (κ3) is 3.94. The Hall–Kier alpha value is -1.18. The molecule has 0 radical (unpaired) electrons. The third-order valence-electron chi connectivity index (χ3n) is 2.65. The molecule has 1 aromatic carbocycles. The van der Waals surface area contributed by atoms with Crippen LogP contribution < -0.4 is 10.5 Å². The lowest BCUT2D eigenvalue weighted by molar-refractivity contribution is 0.314. The summed E-state index contributed by atoms with van der Waals surface area (Å²) in [6, 6.07) is 3.28. The topological polar surface area (TPSA) is 75.4 Å². The van der Waals surface area contributed by atoms with Crippen molar-refractivity contribution in [1.29, 1.82) is 0 Å². The number of rotatable bonds is 5. The maximum Gasteiger partial charge on any atom is 0.240 e. The number of nitrogen functional groups attached to an aromatic ring is 1. The summed E-state index contributed by atoms with van der Waals surface area (Å²) in [5, 5.41) is 0. The molecule has 1 rings (SSSR count). The van der Waals surface area contributed by atoms with E-state index in [0.29, 0.717) is 0 Å². The molecule has 0 amide bonds. The predicted octanol–water partition coefficient (Wildman–Crippen LogP) is 0.636. The summed E-state index contributed by atoms with van der Waals surface area (Å²) < 4.78 is 39.3. The minimum absolute atomic E-state index is 0.0330. The monoisotopic (exact) mass is 275 g/mol. The zero-order valence-corrected chi connectivity index (χ0v) is 11.5. The number of hydrogen-bond acceptors (Lipinski definition) is 4. The van der Waals surface area contributed by atoms with E-state index >= 15 is 0 Å². The van der Waals surface area contributed by atoms with Crippen molar-refractivity contribution in [3.63, 3.8) is 0 Å². The van der Waals surface area contributed by atoms with Crippen molar-refractivity contribution in [2.24, 2.45) is 0 Å². The van der Waals surface area contributed by atoms with Crippen LogP contribution in [-0.2, 0) is 10.0 Å². The number of hydrogen-bond donors (Lipinski definition) is 2. The Morgan fingerprint density at radius 3 is 2.50 bits per heavy atom. The average Bonchev–Trinajstić information content (AvgIpc) is 2.24. The van der Waals surface area contributed by atoms with Gasteiger partial charge in [0.2, 0.25) is 10.0 Å². The van der Waals surface area contributed by atoms with E-state index in [9.17, 15) is 12.8 Å². The van der Waals surface area contributed by atoms with Gasteiger partial charge in [-0.2, -0.15) is 0 Å². The van der Waals surface area contributed by atoms with Crippen molar-refractivity contribution in [1.82, 2.24) is 9.62 Å². The quantitative estimate of drug-likeness (QED) is 0.773. The second-order valence-electron chi connectivity index (χ2n) is 4.38. The van der Waals surface area contributed by atoms with Gasteiger partial charge in [0, 0.05) is 18.3 Å². The lowest BCUT2D eigenvalue weighted by Gasteiger charge is -2.20. The Morgan fingerprint density at radius 1 is 1.39 bits per heavy atom. The number of nitrogens with zero attached hydrogens (tertiary/aromatic N) is 1. The molecule has 0 fully saturated rings. The summed E-state index contributed by atoms with van der Waals surface area (Å²) in [5.74, 6) is -0.670.